The van der Waals surface area contributed by atoms with Gasteiger partial charge in [-0.1, -0.05) is 0 Å². The van der Waals surface area contributed by atoms with Crippen molar-refractivity contribution >= 4 is 34.6 Å². The summed E-state index contributed by atoms with van der Waals surface area (Å²) in [6, 6.07) is 17.9. The van der Waals surface area contributed by atoms with Gasteiger partial charge in [0.15, 0.2) is 11.6 Å². The van der Waals surface area contributed by atoms with Gasteiger partial charge in [0.25, 0.3) is 5.91 Å². The minimum absolute atomic E-state index is 0.126. The molecule has 0 spiro atoms. The summed E-state index contributed by atoms with van der Waals surface area (Å²) >= 11 is 0. The number of aliphatic hydroxyl groups is 1. The van der Waals surface area contributed by atoms with E-state index in [0.29, 0.717) is 55.5 Å². The number of anilines is 3. The highest BCUT2D eigenvalue weighted by atomic mass is 16.5. The fraction of sp³-hybridized carbons (Fsp3) is 0.310. The van der Waals surface area contributed by atoms with Crippen molar-refractivity contribution in [1.29, 1.82) is 0 Å². The number of ether oxygens (including phenoxy) is 1. The van der Waals surface area contributed by atoms with Crippen LogP contribution in [0.5, 0.6) is 0 Å². The summed E-state index contributed by atoms with van der Waals surface area (Å²) in [6.07, 6.45) is 2.04. The zero-order chi connectivity index (χ0) is 27.6. The van der Waals surface area contributed by atoms with Crippen molar-refractivity contribution < 1.29 is 19.4 Å². The molecule has 2 atom stereocenters. The summed E-state index contributed by atoms with van der Waals surface area (Å²) < 4.78 is 7.45. The zero-order valence-electron chi connectivity index (χ0n) is 22.2. The number of urea groups is 1. The number of aromatic nitrogens is 3. The van der Waals surface area contributed by atoms with Crippen LogP contribution in [-0.2, 0) is 4.74 Å². The van der Waals surface area contributed by atoms with Crippen LogP contribution in [0.3, 0.4) is 0 Å². The molecule has 2 aliphatic heterocycles. The Morgan fingerprint density at radius 2 is 1.73 bits per heavy atom. The van der Waals surface area contributed by atoms with E-state index >= 15 is 0 Å². The van der Waals surface area contributed by atoms with Crippen LogP contribution in [0.1, 0.15) is 23.7 Å². The maximum atomic E-state index is 12.6. The number of hydrogen-bond donors (Lipinski definition) is 3. The summed E-state index contributed by atoms with van der Waals surface area (Å²) in [4.78, 5) is 34.0. The smallest absolute Gasteiger partial charge is 0.323 e. The van der Waals surface area contributed by atoms with Gasteiger partial charge in [-0.15, -0.1) is 5.10 Å². The van der Waals surface area contributed by atoms with Gasteiger partial charge in [-0.3, -0.25) is 4.79 Å². The van der Waals surface area contributed by atoms with Gasteiger partial charge in [-0.05, 0) is 74.0 Å². The lowest BCUT2D eigenvalue weighted by Crippen LogP contribution is -2.44. The Labute approximate surface area is 231 Å². The Kier molecular flexibility index (Phi) is 7.06. The van der Waals surface area contributed by atoms with E-state index < -0.39 is 12.1 Å². The predicted octanol–water partition coefficient (Wildman–Crippen LogP) is 3.47. The molecule has 3 amide bonds. The SMILES string of the molecule is C[C@@H]1COCCN1c1nc(-c2ccc(NC(=O)Nc3ccc(C(=O)N4CC[C@@H](O)C4)cc3)cc2)nn2cccc12. The lowest BCUT2D eigenvalue weighted by molar-refractivity contribution is 0.0765. The molecule has 2 aromatic carbocycles. The predicted molar refractivity (Wildman–Crippen MR) is 152 cm³/mol. The van der Waals surface area contributed by atoms with E-state index in [1.807, 2.05) is 35.0 Å². The molecule has 0 radical (unpaired) electrons. The largest absolute Gasteiger partial charge is 0.391 e. The molecule has 11 heteroatoms. The molecule has 2 fully saturated rings. The van der Waals surface area contributed by atoms with Crippen LogP contribution in [0.2, 0.25) is 0 Å². The third kappa shape index (κ3) is 5.33. The first-order valence-corrected chi connectivity index (χ1v) is 13.4. The lowest BCUT2D eigenvalue weighted by atomic mass is 10.2. The van der Waals surface area contributed by atoms with E-state index in [-0.39, 0.29) is 11.9 Å². The lowest BCUT2D eigenvalue weighted by Gasteiger charge is -2.34. The highest BCUT2D eigenvalue weighted by Crippen LogP contribution is 2.27. The number of carbonyl (C=O) groups is 2. The first-order valence-electron chi connectivity index (χ1n) is 13.4. The monoisotopic (exact) mass is 541 g/mol. The number of hydrogen-bond acceptors (Lipinski definition) is 7. The molecule has 0 bridgehead atoms. The van der Waals surface area contributed by atoms with Gasteiger partial charge >= 0.3 is 6.03 Å². The number of likely N-dealkylation sites (tertiary alicyclic amines) is 1. The molecule has 11 nitrogen and oxygen atoms in total. The van der Waals surface area contributed by atoms with E-state index in [2.05, 4.69) is 27.6 Å². The molecule has 2 aliphatic rings. The van der Waals surface area contributed by atoms with Crippen molar-refractivity contribution in [2.45, 2.75) is 25.5 Å². The number of aliphatic hydroxyl groups excluding tert-OH is 1. The second kappa shape index (κ2) is 10.9. The normalized spacial score (nSPS) is 19.1. The van der Waals surface area contributed by atoms with Crippen molar-refractivity contribution in [3.05, 3.63) is 72.4 Å². The average molecular weight is 542 g/mol. The second-order valence-corrected chi connectivity index (χ2v) is 10.1. The molecule has 4 aromatic rings. The molecule has 2 aromatic heterocycles. The van der Waals surface area contributed by atoms with Crippen LogP contribution in [-0.4, -0.2) is 81.5 Å². The van der Waals surface area contributed by atoms with Crippen molar-refractivity contribution in [3.8, 4) is 11.4 Å². The number of β-amino-alcohol motifs (C(OH)–C–C–N with tert-alkyl or cyclic N) is 1. The molecule has 3 N–H and O–H groups in total. The Hall–Kier alpha value is -4.48. The fourth-order valence-electron chi connectivity index (χ4n) is 5.10. The maximum absolute atomic E-state index is 12.6. The molecular weight excluding hydrogens is 510 g/mol. The van der Waals surface area contributed by atoms with Gasteiger partial charge in [0.1, 0.15) is 5.52 Å². The van der Waals surface area contributed by atoms with Crippen molar-refractivity contribution in [2.75, 3.05) is 48.4 Å². The number of amides is 3. The molecule has 2 saturated heterocycles. The first-order chi connectivity index (χ1) is 19.4. The highest BCUT2D eigenvalue weighted by molar-refractivity contribution is 6.00. The molecule has 0 unspecified atom stereocenters. The Morgan fingerprint density at radius 1 is 1.00 bits per heavy atom. The van der Waals surface area contributed by atoms with Crippen molar-refractivity contribution in [1.82, 2.24) is 19.5 Å². The van der Waals surface area contributed by atoms with Gasteiger partial charge < -0.3 is 30.3 Å². The van der Waals surface area contributed by atoms with Gasteiger partial charge in [0, 0.05) is 48.3 Å². The number of benzene rings is 2. The number of morpholine rings is 1. The number of rotatable bonds is 5. The van der Waals surface area contributed by atoms with Crippen molar-refractivity contribution in [3.63, 3.8) is 0 Å². The molecule has 6 rings (SSSR count). The molecule has 40 heavy (non-hydrogen) atoms. The number of nitrogens with one attached hydrogen (secondary N) is 2. The quantitative estimate of drug-likeness (QED) is 0.353. The van der Waals surface area contributed by atoms with E-state index in [1.165, 1.54) is 0 Å². The van der Waals surface area contributed by atoms with Crippen LogP contribution >= 0.6 is 0 Å². The van der Waals surface area contributed by atoms with Gasteiger partial charge in [-0.25, -0.2) is 14.3 Å². The summed E-state index contributed by atoms with van der Waals surface area (Å²) in [7, 11) is 0. The summed E-state index contributed by atoms with van der Waals surface area (Å²) in [5, 5.41) is 20.0. The molecule has 0 saturated carbocycles. The third-order valence-corrected chi connectivity index (χ3v) is 7.25. The van der Waals surface area contributed by atoms with E-state index in [9.17, 15) is 14.7 Å². The van der Waals surface area contributed by atoms with Gasteiger partial charge in [-0.2, -0.15) is 0 Å². The molecule has 0 aliphatic carbocycles. The Balaban J connectivity index is 1.11. The summed E-state index contributed by atoms with van der Waals surface area (Å²) in [6.45, 7) is 5.09. The minimum Gasteiger partial charge on any atom is -0.391 e. The van der Waals surface area contributed by atoms with E-state index in [1.54, 1.807) is 41.3 Å². The first kappa shape index (κ1) is 25.8. The van der Waals surface area contributed by atoms with Gasteiger partial charge in [0.05, 0.1) is 25.4 Å². The number of fused-ring (bicyclic) bond motifs is 1. The number of carbonyl (C=O) groups excluding carboxylic acids is 2. The van der Waals surface area contributed by atoms with Gasteiger partial charge in [0.2, 0.25) is 0 Å². The summed E-state index contributed by atoms with van der Waals surface area (Å²) in [5.41, 5.74) is 3.46. The molecule has 4 heterocycles. The second-order valence-electron chi connectivity index (χ2n) is 10.1. The average Bonchev–Trinajstić information content (AvgIpc) is 3.62. The van der Waals surface area contributed by atoms with E-state index in [0.717, 1.165) is 23.4 Å². The maximum Gasteiger partial charge on any atom is 0.323 e. The highest BCUT2D eigenvalue weighted by Gasteiger charge is 2.26. The third-order valence-electron chi connectivity index (χ3n) is 7.25. The summed E-state index contributed by atoms with van der Waals surface area (Å²) in [5.74, 6) is 1.34. The van der Waals surface area contributed by atoms with Crippen LogP contribution < -0.4 is 15.5 Å². The number of nitrogens with zero attached hydrogens (tertiary/aromatic N) is 5. The van der Waals surface area contributed by atoms with Crippen LogP contribution in [0.15, 0.2) is 66.9 Å². The van der Waals surface area contributed by atoms with Crippen LogP contribution in [0.25, 0.3) is 16.9 Å². The standard InChI is InChI=1S/C29H31N7O4/c1-19-18-40-16-15-35(19)27-25-3-2-13-36(25)33-26(32-27)20-4-8-22(9-5-20)30-29(39)31-23-10-6-21(7-11-23)28(38)34-14-12-24(37)17-34/h2-11,13,19,24,37H,12,14-18H2,1H3,(H2,30,31,39)/t19-,24-/m1/s1. The zero-order valence-corrected chi connectivity index (χ0v) is 22.2. The molecule has 206 valence electrons. The van der Waals surface area contributed by atoms with E-state index in [4.69, 9.17) is 9.72 Å². The van der Waals surface area contributed by atoms with Crippen LogP contribution in [0, 0.1) is 0 Å². The van der Waals surface area contributed by atoms with Crippen molar-refractivity contribution in [2.24, 2.45) is 0 Å². The molecular formula is C29H31N7O4. The minimum atomic E-state index is -0.463. The Bertz CT molecular complexity index is 1520. The topological polar surface area (TPSA) is 124 Å². The fourth-order valence-corrected chi connectivity index (χ4v) is 5.10. The van der Waals surface area contributed by atoms with Crippen LogP contribution in [0.4, 0.5) is 22.0 Å². The Morgan fingerprint density at radius 3 is 2.40 bits per heavy atom.